The number of ketones is 1. The topological polar surface area (TPSA) is 17.1 Å². The lowest BCUT2D eigenvalue weighted by Gasteiger charge is -1.98. The Balaban J connectivity index is 3.03. The van der Waals surface area contributed by atoms with Gasteiger partial charge in [-0.05, 0) is 28.7 Å². The van der Waals surface area contributed by atoms with Crippen molar-refractivity contribution in [3.63, 3.8) is 0 Å². The van der Waals surface area contributed by atoms with Gasteiger partial charge in [0.25, 0.3) is 0 Å². The maximum atomic E-state index is 11.2. The molecule has 0 aliphatic heterocycles. The first-order valence-corrected chi connectivity index (χ1v) is 4.85. The molecule has 11 heavy (non-hydrogen) atoms. The van der Waals surface area contributed by atoms with Gasteiger partial charge in [-0.3, -0.25) is 4.79 Å². The molecule has 1 rings (SSSR count). The normalized spacial score (nSPS) is 9.64. The molecule has 0 spiro atoms. The Morgan fingerprint density at radius 3 is 2.64 bits per heavy atom. The summed E-state index contributed by atoms with van der Waals surface area (Å²) in [6.07, 6.45) is 0. The van der Waals surface area contributed by atoms with E-state index in [0.717, 1.165) is 9.13 Å². The van der Waals surface area contributed by atoms with E-state index in [2.05, 4.69) is 35.2 Å². The summed E-state index contributed by atoms with van der Waals surface area (Å²) in [6, 6.07) is 7.51. The molecule has 0 aliphatic rings. The third-order valence-electron chi connectivity index (χ3n) is 1.32. The first-order valence-electron chi connectivity index (χ1n) is 3.14. The minimum absolute atomic E-state index is 0.0818. The Labute approximate surface area is 84.7 Å². The molecule has 1 nitrogen and oxygen atoms in total. The van der Waals surface area contributed by atoms with E-state index in [-0.39, 0.29) is 11.5 Å². The maximum absolute atomic E-state index is 11.2. The van der Waals surface area contributed by atoms with Crippen LogP contribution in [0.1, 0.15) is 10.4 Å². The van der Waals surface area contributed by atoms with Gasteiger partial charge in [0, 0.05) is 9.13 Å². The number of halogens is 1. The van der Waals surface area contributed by atoms with Crippen molar-refractivity contribution in [1.29, 1.82) is 0 Å². The zero-order chi connectivity index (χ0) is 8.27. The highest BCUT2D eigenvalue weighted by Crippen LogP contribution is 2.12. The van der Waals surface area contributed by atoms with E-state index >= 15 is 0 Å². The number of carbonyl (C=O) groups excluding carboxylic acids is 1. The van der Waals surface area contributed by atoms with Gasteiger partial charge >= 0.3 is 0 Å². The molecule has 0 N–H and O–H groups in total. The van der Waals surface area contributed by atoms with Crippen molar-refractivity contribution < 1.29 is 4.79 Å². The summed E-state index contributed by atoms with van der Waals surface area (Å²) >= 11 is 6.07. The zero-order valence-corrected chi connectivity index (χ0v) is 8.80. The summed E-state index contributed by atoms with van der Waals surface area (Å²) in [6.45, 7) is 0. The van der Waals surface area contributed by atoms with E-state index < -0.39 is 0 Å². The van der Waals surface area contributed by atoms with Crippen LogP contribution in [0.4, 0.5) is 0 Å². The van der Waals surface area contributed by atoms with E-state index in [1.54, 1.807) is 0 Å². The maximum Gasteiger partial charge on any atom is 0.173 e. The van der Waals surface area contributed by atoms with Crippen molar-refractivity contribution in [2.45, 2.75) is 0 Å². The van der Waals surface area contributed by atoms with E-state index in [0.29, 0.717) is 0 Å². The molecule has 0 unspecified atom stereocenters. The second kappa shape index (κ2) is 4.11. The minimum Gasteiger partial charge on any atom is -0.293 e. The Kier molecular flexibility index (Phi) is 3.39. The van der Waals surface area contributed by atoms with Crippen LogP contribution in [0.2, 0.25) is 0 Å². The molecule has 0 atom stereocenters. The van der Waals surface area contributed by atoms with Crippen LogP contribution in [-0.2, 0) is 0 Å². The van der Waals surface area contributed by atoms with Crippen LogP contribution in [0.25, 0.3) is 0 Å². The largest absolute Gasteiger partial charge is 0.293 e. The molecule has 0 saturated heterocycles. The second-order valence-electron chi connectivity index (χ2n) is 2.06. The molecule has 1 aromatic rings. The molecule has 0 aromatic heterocycles. The summed E-state index contributed by atoms with van der Waals surface area (Å²) in [5.74, 6) is 0.360. The Hall–Kier alpha value is -0.0300. The van der Waals surface area contributed by atoms with Gasteiger partial charge in [-0.1, -0.05) is 18.2 Å². The predicted octanol–water partition coefficient (Wildman–Crippen LogP) is 2.40. The summed E-state index contributed by atoms with van der Waals surface area (Å²) in [5.41, 5.74) is 0.767. The van der Waals surface area contributed by atoms with E-state index in [9.17, 15) is 4.79 Å². The average molecular weight is 278 g/mol. The molecule has 0 radical (unpaired) electrons. The molecular formula is C8H7IOS. The summed E-state index contributed by atoms with van der Waals surface area (Å²) < 4.78 is 0.990. The van der Waals surface area contributed by atoms with Crippen LogP contribution < -0.4 is 0 Å². The smallest absolute Gasteiger partial charge is 0.173 e. The lowest BCUT2D eigenvalue weighted by molar-refractivity contribution is 0.102. The molecular weight excluding hydrogens is 271 g/mol. The van der Waals surface area contributed by atoms with Crippen LogP contribution in [0.3, 0.4) is 0 Å². The number of carbonyl (C=O) groups is 1. The number of rotatable bonds is 2. The SMILES string of the molecule is O=C(CS)c1ccccc1I. The number of benzene rings is 1. The Morgan fingerprint density at radius 2 is 2.09 bits per heavy atom. The fourth-order valence-corrected chi connectivity index (χ4v) is 1.63. The fraction of sp³-hybridized carbons (Fsp3) is 0.125. The second-order valence-corrected chi connectivity index (χ2v) is 3.54. The number of Topliss-reactive ketones (excluding diaryl/α,β-unsaturated/α-hetero) is 1. The van der Waals surface area contributed by atoms with Crippen LogP contribution in [0.5, 0.6) is 0 Å². The monoisotopic (exact) mass is 278 g/mol. The minimum atomic E-state index is 0.0818. The van der Waals surface area contributed by atoms with Crippen LogP contribution in [0.15, 0.2) is 24.3 Å². The van der Waals surface area contributed by atoms with Crippen LogP contribution >= 0.6 is 35.2 Å². The zero-order valence-electron chi connectivity index (χ0n) is 5.75. The number of thiol groups is 1. The van der Waals surface area contributed by atoms with Gasteiger partial charge in [-0.2, -0.15) is 12.6 Å². The van der Waals surface area contributed by atoms with Crippen molar-refractivity contribution in [3.05, 3.63) is 33.4 Å². The average Bonchev–Trinajstić information content (AvgIpc) is 2.04. The third kappa shape index (κ3) is 2.20. The van der Waals surface area contributed by atoms with Crippen molar-refractivity contribution in [2.24, 2.45) is 0 Å². The molecule has 3 heteroatoms. The molecule has 0 aliphatic carbocycles. The lowest BCUT2D eigenvalue weighted by Crippen LogP contribution is -2.02. The highest BCUT2D eigenvalue weighted by Gasteiger charge is 2.05. The van der Waals surface area contributed by atoms with Gasteiger partial charge < -0.3 is 0 Å². The quantitative estimate of drug-likeness (QED) is 0.499. The highest BCUT2D eigenvalue weighted by atomic mass is 127. The Bertz CT molecular complexity index is 273. The molecule has 0 heterocycles. The van der Waals surface area contributed by atoms with Crippen molar-refractivity contribution in [1.82, 2.24) is 0 Å². The highest BCUT2D eigenvalue weighted by molar-refractivity contribution is 14.1. The van der Waals surface area contributed by atoms with Crippen LogP contribution in [0, 0.1) is 3.57 Å². The van der Waals surface area contributed by atoms with Gasteiger partial charge in [0.2, 0.25) is 0 Å². The van der Waals surface area contributed by atoms with Crippen LogP contribution in [-0.4, -0.2) is 11.5 Å². The van der Waals surface area contributed by atoms with E-state index in [1.807, 2.05) is 24.3 Å². The van der Waals surface area contributed by atoms with Gasteiger partial charge in [0.05, 0.1) is 5.75 Å². The van der Waals surface area contributed by atoms with Gasteiger partial charge in [-0.15, -0.1) is 0 Å². The van der Waals surface area contributed by atoms with E-state index in [4.69, 9.17) is 0 Å². The van der Waals surface area contributed by atoms with Gasteiger partial charge in [0.15, 0.2) is 5.78 Å². The first-order chi connectivity index (χ1) is 5.25. The molecule has 0 saturated carbocycles. The molecule has 0 fully saturated rings. The fourth-order valence-electron chi connectivity index (χ4n) is 0.773. The van der Waals surface area contributed by atoms with Crippen molar-refractivity contribution in [3.8, 4) is 0 Å². The predicted molar refractivity (Wildman–Crippen MR) is 57.3 cm³/mol. The van der Waals surface area contributed by atoms with Gasteiger partial charge in [0.1, 0.15) is 0 Å². The lowest BCUT2D eigenvalue weighted by atomic mass is 10.2. The number of hydrogen-bond acceptors (Lipinski definition) is 2. The van der Waals surface area contributed by atoms with Crippen molar-refractivity contribution in [2.75, 3.05) is 5.75 Å². The molecule has 0 amide bonds. The molecule has 0 bridgehead atoms. The summed E-state index contributed by atoms with van der Waals surface area (Å²) in [5, 5.41) is 0. The third-order valence-corrected chi connectivity index (χ3v) is 2.55. The molecule has 1 aromatic carbocycles. The van der Waals surface area contributed by atoms with Gasteiger partial charge in [-0.25, -0.2) is 0 Å². The standard InChI is InChI=1S/C8H7IOS/c9-7-4-2-1-3-6(7)8(10)5-11/h1-4,11H,5H2. The first kappa shape index (κ1) is 9.06. The van der Waals surface area contributed by atoms with Crippen molar-refractivity contribution >= 4 is 41.0 Å². The van der Waals surface area contributed by atoms with E-state index in [1.165, 1.54) is 0 Å². The summed E-state index contributed by atoms with van der Waals surface area (Å²) in [7, 11) is 0. The Morgan fingerprint density at radius 1 is 1.45 bits per heavy atom. The molecule has 58 valence electrons. The summed E-state index contributed by atoms with van der Waals surface area (Å²) in [4.78, 5) is 11.2. The number of hydrogen-bond donors (Lipinski definition) is 1.